The molecule has 0 unspecified atom stereocenters. The van der Waals surface area contributed by atoms with Crippen molar-refractivity contribution >= 4 is 45.7 Å². The Hall–Kier alpha value is -2.04. The van der Waals surface area contributed by atoms with Gasteiger partial charge in [0.15, 0.2) is 5.82 Å². The molecular formula is C23H26F2IN5O. The average Bonchev–Trinajstić information content (AvgIpc) is 3.53. The van der Waals surface area contributed by atoms with Gasteiger partial charge in [0.1, 0.15) is 0 Å². The van der Waals surface area contributed by atoms with E-state index in [1.54, 1.807) is 11.0 Å². The molecule has 3 aliphatic rings. The maximum absolute atomic E-state index is 13.5. The minimum atomic E-state index is -2.62. The van der Waals surface area contributed by atoms with Crippen LogP contribution >= 0.6 is 22.6 Å². The van der Waals surface area contributed by atoms with E-state index in [1.165, 1.54) is 31.9 Å². The van der Waals surface area contributed by atoms with Crippen LogP contribution in [0.5, 0.6) is 0 Å². The Morgan fingerprint density at radius 2 is 1.66 bits per heavy atom. The summed E-state index contributed by atoms with van der Waals surface area (Å²) in [6.07, 6.45) is 6.14. The van der Waals surface area contributed by atoms with Gasteiger partial charge in [-0.3, -0.25) is 4.79 Å². The number of carbonyl (C=O) groups is 1. The van der Waals surface area contributed by atoms with E-state index < -0.39 is 5.92 Å². The topological polar surface area (TPSA) is 61.4 Å². The van der Waals surface area contributed by atoms with E-state index in [0.717, 1.165) is 22.3 Å². The van der Waals surface area contributed by atoms with Crippen LogP contribution in [0.3, 0.4) is 0 Å². The third kappa shape index (κ3) is 4.67. The molecule has 2 aliphatic heterocycles. The second-order valence-corrected chi connectivity index (χ2v) is 10.5. The zero-order chi connectivity index (χ0) is 22.3. The van der Waals surface area contributed by atoms with Crippen molar-refractivity contribution < 1.29 is 13.6 Å². The Morgan fingerprint density at radius 3 is 2.34 bits per heavy atom. The molecule has 32 heavy (non-hydrogen) atoms. The van der Waals surface area contributed by atoms with Crippen LogP contribution in [-0.2, 0) is 0 Å². The van der Waals surface area contributed by atoms with Gasteiger partial charge in [-0.05, 0) is 71.9 Å². The fourth-order valence-electron chi connectivity index (χ4n) is 4.70. The summed E-state index contributed by atoms with van der Waals surface area (Å²) in [6, 6.07) is 7.59. The standard InChI is InChI=1S/C23H26F2IN5O/c24-23(25)7-11-31(12-8-23)20-14-17(15-27-29-20)28-21(32)18-2-1-16(26)13-19(18)30-9-5-22(3-4-22)6-10-30/h1-2,13-15H,3-12H2,(H,28,29,32). The van der Waals surface area contributed by atoms with Gasteiger partial charge in [0.05, 0.1) is 23.1 Å². The molecule has 1 spiro atoms. The molecule has 2 saturated heterocycles. The molecule has 1 saturated carbocycles. The van der Waals surface area contributed by atoms with Gasteiger partial charge in [-0.15, -0.1) is 5.10 Å². The van der Waals surface area contributed by atoms with Crippen molar-refractivity contribution in [3.8, 4) is 0 Å². The zero-order valence-electron chi connectivity index (χ0n) is 17.8. The molecule has 1 aliphatic carbocycles. The highest BCUT2D eigenvalue weighted by molar-refractivity contribution is 14.1. The summed E-state index contributed by atoms with van der Waals surface area (Å²) in [6.45, 7) is 2.38. The van der Waals surface area contributed by atoms with Crippen molar-refractivity contribution in [1.82, 2.24) is 10.2 Å². The lowest BCUT2D eigenvalue weighted by Gasteiger charge is -2.35. The third-order valence-electron chi connectivity index (χ3n) is 7.04. The van der Waals surface area contributed by atoms with Gasteiger partial charge < -0.3 is 15.1 Å². The second-order valence-electron chi connectivity index (χ2n) is 9.25. The first-order valence-electron chi connectivity index (χ1n) is 11.1. The van der Waals surface area contributed by atoms with Crippen LogP contribution in [0.1, 0.15) is 48.9 Å². The summed E-state index contributed by atoms with van der Waals surface area (Å²) < 4.78 is 28.0. The molecule has 3 heterocycles. The smallest absolute Gasteiger partial charge is 0.257 e. The van der Waals surface area contributed by atoms with Crippen LogP contribution in [-0.4, -0.2) is 48.2 Å². The first kappa shape index (κ1) is 21.8. The molecular weight excluding hydrogens is 527 g/mol. The molecule has 6 nitrogen and oxygen atoms in total. The van der Waals surface area contributed by atoms with Gasteiger partial charge in [-0.1, -0.05) is 0 Å². The first-order chi connectivity index (χ1) is 15.3. The number of hydrogen-bond donors (Lipinski definition) is 1. The first-order valence-corrected chi connectivity index (χ1v) is 12.2. The van der Waals surface area contributed by atoms with Gasteiger partial charge in [-0.25, -0.2) is 8.78 Å². The summed E-state index contributed by atoms with van der Waals surface area (Å²) in [5, 5.41) is 11.0. The Kier molecular flexibility index (Phi) is 5.71. The molecule has 3 fully saturated rings. The lowest BCUT2D eigenvalue weighted by atomic mass is 9.93. The van der Waals surface area contributed by atoms with E-state index in [4.69, 9.17) is 0 Å². The predicted octanol–water partition coefficient (Wildman–Crippen LogP) is 4.95. The van der Waals surface area contributed by atoms with Gasteiger partial charge in [0.2, 0.25) is 0 Å². The number of anilines is 3. The van der Waals surface area contributed by atoms with E-state index in [2.05, 4.69) is 49.1 Å². The number of nitrogens with one attached hydrogen (secondary N) is 1. The number of halogens is 3. The van der Waals surface area contributed by atoms with Crippen molar-refractivity contribution in [2.24, 2.45) is 5.41 Å². The number of alkyl halides is 2. The average molecular weight is 553 g/mol. The van der Waals surface area contributed by atoms with E-state index in [0.29, 0.717) is 22.5 Å². The Balaban J connectivity index is 1.31. The van der Waals surface area contributed by atoms with Crippen LogP contribution in [0.2, 0.25) is 0 Å². The minimum Gasteiger partial charge on any atom is -0.371 e. The third-order valence-corrected chi connectivity index (χ3v) is 7.72. The predicted molar refractivity (Wildman–Crippen MR) is 129 cm³/mol. The Labute approximate surface area is 199 Å². The normalized spacial score (nSPS) is 21.5. The number of carbonyl (C=O) groups excluding carboxylic acids is 1. The summed E-state index contributed by atoms with van der Waals surface area (Å²) in [5.74, 6) is -2.32. The number of nitrogens with zero attached hydrogens (tertiary/aromatic N) is 4. The quantitative estimate of drug-likeness (QED) is 0.544. The fourth-order valence-corrected chi connectivity index (χ4v) is 5.17. The van der Waals surface area contributed by atoms with Crippen molar-refractivity contribution in [3.63, 3.8) is 0 Å². The minimum absolute atomic E-state index is 0.200. The SMILES string of the molecule is O=C(Nc1cnnc(N2CCC(F)(F)CC2)c1)c1ccc(I)cc1N1CCC2(CC1)CC2. The molecule has 1 aromatic carbocycles. The van der Waals surface area contributed by atoms with Crippen molar-refractivity contribution in [2.45, 2.75) is 44.4 Å². The fraction of sp³-hybridized carbons (Fsp3) is 0.522. The number of hydrogen-bond acceptors (Lipinski definition) is 5. The van der Waals surface area contributed by atoms with Crippen LogP contribution in [0, 0.1) is 8.99 Å². The molecule has 5 rings (SSSR count). The number of rotatable bonds is 4. The lowest BCUT2D eigenvalue weighted by Crippen LogP contribution is -2.39. The number of benzene rings is 1. The highest BCUT2D eigenvalue weighted by Crippen LogP contribution is 2.54. The molecule has 2 aromatic rings. The van der Waals surface area contributed by atoms with E-state index in [9.17, 15) is 13.6 Å². The van der Waals surface area contributed by atoms with Crippen molar-refractivity contribution in [3.05, 3.63) is 39.6 Å². The summed E-state index contributed by atoms with van der Waals surface area (Å²) in [5.41, 5.74) is 2.68. The van der Waals surface area contributed by atoms with Crippen molar-refractivity contribution in [1.29, 1.82) is 0 Å². The van der Waals surface area contributed by atoms with Crippen LogP contribution < -0.4 is 15.1 Å². The van der Waals surface area contributed by atoms with Crippen molar-refractivity contribution in [2.75, 3.05) is 41.3 Å². The van der Waals surface area contributed by atoms with Gasteiger partial charge in [0.25, 0.3) is 11.8 Å². The largest absolute Gasteiger partial charge is 0.371 e. The summed E-state index contributed by atoms with van der Waals surface area (Å²) >= 11 is 2.28. The molecule has 0 bridgehead atoms. The summed E-state index contributed by atoms with van der Waals surface area (Å²) in [4.78, 5) is 17.3. The maximum atomic E-state index is 13.5. The second kappa shape index (κ2) is 8.39. The number of piperidine rings is 2. The molecule has 1 aromatic heterocycles. The highest BCUT2D eigenvalue weighted by atomic mass is 127. The van der Waals surface area contributed by atoms with Gasteiger partial charge in [0, 0.05) is 48.7 Å². The van der Waals surface area contributed by atoms with Crippen LogP contribution in [0.25, 0.3) is 0 Å². The van der Waals surface area contributed by atoms with Gasteiger partial charge in [-0.2, -0.15) is 5.10 Å². The van der Waals surface area contributed by atoms with Crippen LogP contribution in [0.4, 0.5) is 26.0 Å². The molecule has 1 N–H and O–H groups in total. The molecule has 9 heteroatoms. The van der Waals surface area contributed by atoms with E-state index in [-0.39, 0.29) is 31.8 Å². The molecule has 0 atom stereocenters. The molecule has 1 amide bonds. The maximum Gasteiger partial charge on any atom is 0.257 e. The number of amides is 1. The molecule has 170 valence electrons. The van der Waals surface area contributed by atoms with E-state index in [1.807, 2.05) is 12.1 Å². The molecule has 0 radical (unpaired) electrons. The number of aromatic nitrogens is 2. The Bertz CT molecular complexity index is 1010. The Morgan fingerprint density at radius 1 is 0.969 bits per heavy atom. The zero-order valence-corrected chi connectivity index (χ0v) is 19.9. The van der Waals surface area contributed by atoms with E-state index >= 15 is 0 Å². The highest BCUT2D eigenvalue weighted by Gasteiger charge is 2.44. The lowest BCUT2D eigenvalue weighted by molar-refractivity contribution is -0.0221. The summed E-state index contributed by atoms with van der Waals surface area (Å²) in [7, 11) is 0. The van der Waals surface area contributed by atoms with Crippen LogP contribution in [0.15, 0.2) is 30.5 Å². The van der Waals surface area contributed by atoms with Gasteiger partial charge >= 0.3 is 0 Å². The monoisotopic (exact) mass is 553 g/mol.